The molecular formula is C25H21ClFNO5. The van der Waals surface area contributed by atoms with Crippen molar-refractivity contribution in [3.8, 4) is 5.75 Å². The summed E-state index contributed by atoms with van der Waals surface area (Å²) in [6, 6.07) is 12.4. The molecule has 33 heavy (non-hydrogen) atoms. The Kier molecular flexibility index (Phi) is 6.24. The molecule has 0 spiro atoms. The van der Waals surface area contributed by atoms with Gasteiger partial charge >= 0.3 is 0 Å². The van der Waals surface area contributed by atoms with E-state index in [1.807, 2.05) is 13.8 Å². The van der Waals surface area contributed by atoms with E-state index in [-0.39, 0.29) is 27.8 Å². The van der Waals surface area contributed by atoms with Crippen LogP contribution in [-0.4, -0.2) is 23.4 Å². The number of aliphatic hydroxyl groups is 1. The number of anilines is 1. The van der Waals surface area contributed by atoms with Crippen molar-refractivity contribution < 1.29 is 28.2 Å². The summed E-state index contributed by atoms with van der Waals surface area (Å²) in [7, 11) is 0. The highest BCUT2D eigenvalue weighted by atomic mass is 35.5. The molecule has 1 aromatic heterocycles. The molecule has 1 amide bonds. The predicted octanol–water partition coefficient (Wildman–Crippen LogP) is 5.73. The molecule has 8 heteroatoms. The minimum absolute atomic E-state index is 0.147. The van der Waals surface area contributed by atoms with Gasteiger partial charge < -0.3 is 14.3 Å². The zero-order chi connectivity index (χ0) is 23.7. The zero-order valence-corrected chi connectivity index (χ0v) is 18.7. The van der Waals surface area contributed by atoms with Crippen LogP contribution in [0.25, 0.3) is 5.76 Å². The number of nitrogens with zero attached hydrogens (tertiary/aromatic N) is 1. The molecule has 1 fully saturated rings. The Morgan fingerprint density at radius 1 is 1.18 bits per heavy atom. The van der Waals surface area contributed by atoms with Gasteiger partial charge in [-0.1, -0.05) is 25.4 Å². The molecule has 2 aromatic carbocycles. The van der Waals surface area contributed by atoms with Crippen LogP contribution in [0.3, 0.4) is 0 Å². The van der Waals surface area contributed by atoms with Crippen LogP contribution in [0.2, 0.25) is 5.02 Å². The molecule has 1 aliphatic heterocycles. The molecule has 4 rings (SSSR count). The number of carbonyl (C=O) groups excluding carboxylic acids is 2. The fourth-order valence-corrected chi connectivity index (χ4v) is 3.75. The lowest BCUT2D eigenvalue weighted by Crippen LogP contribution is -2.29. The average molecular weight is 470 g/mol. The number of ketones is 1. The monoisotopic (exact) mass is 469 g/mol. The number of amides is 1. The number of benzene rings is 2. The van der Waals surface area contributed by atoms with E-state index >= 15 is 0 Å². The van der Waals surface area contributed by atoms with Crippen molar-refractivity contribution in [3.05, 3.63) is 88.6 Å². The summed E-state index contributed by atoms with van der Waals surface area (Å²) in [5, 5.41) is 10.9. The van der Waals surface area contributed by atoms with E-state index < -0.39 is 23.5 Å². The second kappa shape index (κ2) is 9.11. The van der Waals surface area contributed by atoms with E-state index in [0.29, 0.717) is 23.8 Å². The normalized spacial score (nSPS) is 17.7. The van der Waals surface area contributed by atoms with Gasteiger partial charge in [0, 0.05) is 11.3 Å². The molecule has 1 saturated heterocycles. The van der Waals surface area contributed by atoms with Gasteiger partial charge in [-0.15, -0.1) is 0 Å². The summed E-state index contributed by atoms with van der Waals surface area (Å²) in [4.78, 5) is 27.1. The maximum atomic E-state index is 13.7. The van der Waals surface area contributed by atoms with Gasteiger partial charge in [-0.2, -0.15) is 0 Å². The minimum atomic E-state index is -1.06. The average Bonchev–Trinajstić information content (AvgIpc) is 3.41. The first-order valence-corrected chi connectivity index (χ1v) is 10.7. The standard InChI is InChI=1S/C25H21ClFNO5/c1-14(2)13-33-17-8-5-15(6-9-17)23(29)21-22(20-4-3-11-32-20)28(25(31)24(21)30)16-7-10-19(27)18(26)12-16/h3-12,14,22,29H,13H2,1-2H3/b23-21-. The molecule has 1 unspecified atom stereocenters. The summed E-state index contributed by atoms with van der Waals surface area (Å²) in [6.07, 6.45) is 1.40. The highest BCUT2D eigenvalue weighted by Crippen LogP contribution is 2.43. The third-order valence-corrected chi connectivity index (χ3v) is 5.44. The third kappa shape index (κ3) is 4.36. The number of furan rings is 1. The SMILES string of the molecule is CC(C)COc1ccc(/C(O)=C2/C(=O)C(=O)N(c3ccc(F)c(Cl)c3)C2c2ccco2)cc1. The van der Waals surface area contributed by atoms with Crippen LogP contribution in [0.4, 0.5) is 10.1 Å². The van der Waals surface area contributed by atoms with Crippen LogP contribution in [-0.2, 0) is 9.59 Å². The number of ether oxygens (including phenoxy) is 1. The first-order valence-electron chi connectivity index (χ1n) is 10.3. The molecule has 0 saturated carbocycles. The van der Waals surface area contributed by atoms with Crippen LogP contribution in [0.15, 0.2) is 70.9 Å². The lowest BCUT2D eigenvalue weighted by molar-refractivity contribution is -0.132. The van der Waals surface area contributed by atoms with E-state index in [1.165, 1.54) is 18.4 Å². The smallest absolute Gasteiger partial charge is 0.300 e. The van der Waals surface area contributed by atoms with Crippen LogP contribution >= 0.6 is 11.6 Å². The van der Waals surface area contributed by atoms with Crippen molar-refractivity contribution in [1.82, 2.24) is 0 Å². The van der Waals surface area contributed by atoms with Crippen LogP contribution in [0.5, 0.6) is 5.75 Å². The molecule has 0 radical (unpaired) electrons. The van der Waals surface area contributed by atoms with Gasteiger partial charge in [0.05, 0.1) is 23.5 Å². The van der Waals surface area contributed by atoms with E-state index in [1.54, 1.807) is 36.4 Å². The van der Waals surface area contributed by atoms with Crippen LogP contribution < -0.4 is 9.64 Å². The highest BCUT2D eigenvalue weighted by Gasteiger charge is 2.48. The Labute approximate surface area is 194 Å². The molecule has 170 valence electrons. The second-order valence-corrected chi connectivity index (χ2v) is 8.42. The lowest BCUT2D eigenvalue weighted by Gasteiger charge is -2.23. The van der Waals surface area contributed by atoms with Crippen LogP contribution in [0, 0.1) is 11.7 Å². The molecule has 3 aromatic rings. The van der Waals surface area contributed by atoms with Crippen molar-refractivity contribution in [1.29, 1.82) is 0 Å². The zero-order valence-electron chi connectivity index (χ0n) is 17.9. The summed E-state index contributed by atoms with van der Waals surface area (Å²) >= 11 is 5.91. The molecule has 1 aliphatic rings. The number of hydrogen-bond acceptors (Lipinski definition) is 5. The third-order valence-electron chi connectivity index (χ3n) is 5.15. The number of carbonyl (C=O) groups is 2. The molecule has 0 aliphatic carbocycles. The number of Topliss-reactive ketones (excluding diaryl/α,β-unsaturated/α-hetero) is 1. The Balaban J connectivity index is 1.79. The summed E-state index contributed by atoms with van der Waals surface area (Å²) in [5.74, 6) is -1.58. The first-order chi connectivity index (χ1) is 15.8. The van der Waals surface area contributed by atoms with E-state index in [9.17, 15) is 19.1 Å². The van der Waals surface area contributed by atoms with Gasteiger partial charge in [0.15, 0.2) is 0 Å². The van der Waals surface area contributed by atoms with Gasteiger partial charge in [0.25, 0.3) is 11.7 Å². The van der Waals surface area contributed by atoms with Gasteiger partial charge in [-0.25, -0.2) is 4.39 Å². The van der Waals surface area contributed by atoms with Gasteiger partial charge in [0.1, 0.15) is 29.1 Å². The maximum Gasteiger partial charge on any atom is 0.300 e. The summed E-state index contributed by atoms with van der Waals surface area (Å²) < 4.78 is 24.9. The number of aliphatic hydroxyl groups excluding tert-OH is 1. The Hall–Kier alpha value is -3.58. The molecule has 1 N–H and O–H groups in total. The topological polar surface area (TPSA) is 80.0 Å². The number of halogens is 2. The fraction of sp³-hybridized carbons (Fsp3) is 0.200. The number of rotatable bonds is 6. The van der Waals surface area contributed by atoms with Gasteiger partial charge in [0.2, 0.25) is 0 Å². The van der Waals surface area contributed by atoms with Gasteiger partial charge in [-0.05, 0) is 60.5 Å². The quantitative estimate of drug-likeness (QED) is 0.283. The van der Waals surface area contributed by atoms with E-state index in [2.05, 4.69) is 0 Å². The van der Waals surface area contributed by atoms with E-state index in [0.717, 1.165) is 11.0 Å². The minimum Gasteiger partial charge on any atom is -0.507 e. The lowest BCUT2D eigenvalue weighted by atomic mass is 9.99. The van der Waals surface area contributed by atoms with Crippen molar-refractivity contribution >= 4 is 34.7 Å². The first kappa shape index (κ1) is 22.6. The Bertz CT molecular complexity index is 1220. The molecular weight excluding hydrogens is 449 g/mol. The van der Waals surface area contributed by atoms with Crippen molar-refractivity contribution in [2.75, 3.05) is 11.5 Å². The van der Waals surface area contributed by atoms with Gasteiger partial charge in [-0.3, -0.25) is 14.5 Å². The maximum absolute atomic E-state index is 13.7. The van der Waals surface area contributed by atoms with E-state index in [4.69, 9.17) is 20.8 Å². The fourth-order valence-electron chi connectivity index (χ4n) is 3.58. The Morgan fingerprint density at radius 2 is 1.91 bits per heavy atom. The second-order valence-electron chi connectivity index (χ2n) is 8.01. The summed E-state index contributed by atoms with van der Waals surface area (Å²) in [5.41, 5.74) is 0.381. The highest BCUT2D eigenvalue weighted by molar-refractivity contribution is 6.51. The van der Waals surface area contributed by atoms with Crippen molar-refractivity contribution in [2.24, 2.45) is 5.92 Å². The van der Waals surface area contributed by atoms with Crippen molar-refractivity contribution in [3.63, 3.8) is 0 Å². The molecule has 1 atom stereocenters. The number of hydrogen-bond donors (Lipinski definition) is 1. The Morgan fingerprint density at radius 3 is 2.52 bits per heavy atom. The predicted molar refractivity (Wildman–Crippen MR) is 122 cm³/mol. The van der Waals surface area contributed by atoms with Crippen molar-refractivity contribution in [2.45, 2.75) is 19.9 Å². The molecule has 0 bridgehead atoms. The largest absolute Gasteiger partial charge is 0.507 e. The molecule has 6 nitrogen and oxygen atoms in total. The van der Waals surface area contributed by atoms with Crippen LogP contribution in [0.1, 0.15) is 31.2 Å². The summed E-state index contributed by atoms with van der Waals surface area (Å²) in [6.45, 7) is 4.60. The molecule has 2 heterocycles.